The van der Waals surface area contributed by atoms with Gasteiger partial charge in [0.1, 0.15) is 17.7 Å². The van der Waals surface area contributed by atoms with Gasteiger partial charge in [0.15, 0.2) is 12.2 Å². The Bertz CT molecular complexity index is 419. The third kappa shape index (κ3) is 1.90. The van der Waals surface area contributed by atoms with Crippen molar-refractivity contribution in [3.63, 3.8) is 0 Å². The number of hydrogen-bond acceptors (Lipinski definition) is 4. The van der Waals surface area contributed by atoms with Crippen LogP contribution in [0.2, 0.25) is 0 Å². The summed E-state index contributed by atoms with van der Waals surface area (Å²) in [6.45, 7) is 2.34. The number of aromatic amines is 1. The van der Waals surface area contributed by atoms with Gasteiger partial charge in [-0.15, -0.1) is 0 Å². The molecular formula is C9H8N4O. The van der Waals surface area contributed by atoms with E-state index < -0.39 is 0 Å². The molecular weight excluding hydrogens is 180 g/mol. The van der Waals surface area contributed by atoms with Crippen LogP contribution in [-0.2, 0) is 4.74 Å². The third-order valence-corrected chi connectivity index (χ3v) is 1.51. The molecule has 1 aromatic heterocycles. The molecule has 0 unspecified atom stereocenters. The fraction of sp³-hybridized carbons (Fsp3) is 0.222. The summed E-state index contributed by atoms with van der Waals surface area (Å²) in [6.07, 6.45) is 2.69. The molecule has 1 heterocycles. The Morgan fingerprint density at radius 1 is 1.57 bits per heavy atom. The third-order valence-electron chi connectivity index (χ3n) is 1.51. The minimum atomic E-state index is 0.239. The van der Waals surface area contributed by atoms with Crippen LogP contribution in [0.3, 0.4) is 0 Å². The van der Waals surface area contributed by atoms with Crippen LogP contribution in [-0.4, -0.2) is 18.0 Å². The van der Waals surface area contributed by atoms with E-state index in [1.54, 1.807) is 0 Å². The first-order chi connectivity index (χ1) is 6.83. The van der Waals surface area contributed by atoms with E-state index in [1.165, 1.54) is 12.6 Å². The van der Waals surface area contributed by atoms with Crippen LogP contribution < -0.4 is 0 Å². The van der Waals surface area contributed by atoms with E-state index in [0.29, 0.717) is 12.4 Å². The largest absolute Gasteiger partial charge is 0.483 e. The average molecular weight is 188 g/mol. The molecule has 70 valence electrons. The van der Waals surface area contributed by atoms with E-state index in [-0.39, 0.29) is 11.1 Å². The zero-order valence-corrected chi connectivity index (χ0v) is 7.61. The summed E-state index contributed by atoms with van der Waals surface area (Å²) in [4.78, 5) is 6.57. The van der Waals surface area contributed by atoms with E-state index in [4.69, 9.17) is 15.3 Å². The number of aliphatic imine (C=N–C) groups is 1. The molecule has 0 atom stereocenters. The Labute approximate surface area is 81.3 Å². The predicted molar refractivity (Wildman–Crippen MR) is 50.0 cm³/mol. The van der Waals surface area contributed by atoms with Crippen LogP contribution in [0.4, 0.5) is 5.82 Å². The molecule has 0 saturated heterocycles. The van der Waals surface area contributed by atoms with E-state index in [0.717, 1.165) is 0 Å². The van der Waals surface area contributed by atoms with Crippen LogP contribution in [0.5, 0.6) is 0 Å². The lowest BCUT2D eigenvalue weighted by Gasteiger charge is -1.91. The van der Waals surface area contributed by atoms with Crippen LogP contribution in [0, 0.1) is 22.7 Å². The molecule has 0 saturated carbocycles. The number of hydrogen-bond donors (Lipinski definition) is 1. The Hall–Kier alpha value is -2.27. The van der Waals surface area contributed by atoms with Crippen molar-refractivity contribution in [3.8, 4) is 12.1 Å². The lowest BCUT2D eigenvalue weighted by atomic mass is 10.2. The highest BCUT2D eigenvalue weighted by molar-refractivity contribution is 5.63. The smallest absolute Gasteiger partial charge is 0.176 e. The quantitative estimate of drug-likeness (QED) is 0.575. The van der Waals surface area contributed by atoms with Gasteiger partial charge in [-0.2, -0.15) is 10.5 Å². The van der Waals surface area contributed by atoms with Crippen molar-refractivity contribution in [2.45, 2.75) is 6.92 Å². The number of ether oxygens (including phenoxy) is 1. The van der Waals surface area contributed by atoms with Gasteiger partial charge in [-0.1, -0.05) is 0 Å². The minimum Gasteiger partial charge on any atom is -0.483 e. The molecule has 0 aliphatic rings. The van der Waals surface area contributed by atoms with Crippen molar-refractivity contribution in [3.05, 3.63) is 17.3 Å². The fourth-order valence-electron chi connectivity index (χ4n) is 0.880. The van der Waals surface area contributed by atoms with Crippen molar-refractivity contribution in [2.75, 3.05) is 6.61 Å². The molecule has 0 amide bonds. The molecule has 0 radical (unpaired) electrons. The van der Waals surface area contributed by atoms with Crippen molar-refractivity contribution in [2.24, 2.45) is 4.99 Å². The Balaban J connectivity index is 2.95. The first-order valence-corrected chi connectivity index (χ1v) is 3.99. The van der Waals surface area contributed by atoms with Gasteiger partial charge in [0.05, 0.1) is 12.2 Å². The average Bonchev–Trinajstić information content (AvgIpc) is 2.60. The maximum Gasteiger partial charge on any atom is 0.176 e. The van der Waals surface area contributed by atoms with Crippen molar-refractivity contribution < 1.29 is 4.74 Å². The molecule has 1 rings (SSSR count). The number of nitrogens with zero attached hydrogens (tertiary/aromatic N) is 3. The zero-order chi connectivity index (χ0) is 10.4. The lowest BCUT2D eigenvalue weighted by molar-refractivity contribution is 0.344. The second kappa shape index (κ2) is 4.68. The molecule has 0 aliphatic carbocycles. The van der Waals surface area contributed by atoms with Crippen molar-refractivity contribution >= 4 is 12.2 Å². The van der Waals surface area contributed by atoms with Gasteiger partial charge < -0.3 is 9.72 Å². The second-order valence-electron chi connectivity index (χ2n) is 2.34. The van der Waals surface area contributed by atoms with E-state index in [9.17, 15) is 0 Å². The standard InChI is InChI=1S/C9H8N4O/c1-2-14-6-13-9-8(4-11)7(3-10)5-12-9/h5-6,12H,2H2,1H3/b13-6+. The van der Waals surface area contributed by atoms with Gasteiger partial charge in [-0.05, 0) is 6.92 Å². The molecule has 1 N–H and O–H groups in total. The highest BCUT2D eigenvalue weighted by Gasteiger charge is 2.08. The first-order valence-electron chi connectivity index (χ1n) is 3.99. The topological polar surface area (TPSA) is 85.0 Å². The maximum absolute atomic E-state index is 8.74. The number of aromatic nitrogens is 1. The van der Waals surface area contributed by atoms with Crippen molar-refractivity contribution in [1.82, 2.24) is 4.98 Å². The highest BCUT2D eigenvalue weighted by Crippen LogP contribution is 2.19. The van der Waals surface area contributed by atoms with Gasteiger partial charge >= 0.3 is 0 Å². The molecule has 0 bridgehead atoms. The van der Waals surface area contributed by atoms with E-state index >= 15 is 0 Å². The van der Waals surface area contributed by atoms with Crippen LogP contribution in [0.25, 0.3) is 0 Å². The molecule has 5 heteroatoms. The summed E-state index contributed by atoms with van der Waals surface area (Å²) in [6, 6.07) is 3.79. The Morgan fingerprint density at radius 3 is 2.93 bits per heavy atom. The van der Waals surface area contributed by atoms with Gasteiger partial charge in [0, 0.05) is 6.20 Å². The first kappa shape index (κ1) is 9.82. The lowest BCUT2D eigenvalue weighted by Crippen LogP contribution is -1.84. The minimum absolute atomic E-state index is 0.239. The van der Waals surface area contributed by atoms with Crippen LogP contribution >= 0.6 is 0 Å². The van der Waals surface area contributed by atoms with E-state index in [1.807, 2.05) is 19.1 Å². The van der Waals surface area contributed by atoms with Gasteiger partial charge in [-0.3, -0.25) is 0 Å². The maximum atomic E-state index is 8.74. The summed E-state index contributed by atoms with van der Waals surface area (Å²) in [5, 5.41) is 17.4. The van der Waals surface area contributed by atoms with Gasteiger partial charge in [-0.25, -0.2) is 4.99 Å². The zero-order valence-electron chi connectivity index (χ0n) is 7.61. The second-order valence-corrected chi connectivity index (χ2v) is 2.34. The number of rotatable bonds is 3. The predicted octanol–water partition coefficient (Wildman–Crippen LogP) is 1.45. The molecule has 14 heavy (non-hydrogen) atoms. The van der Waals surface area contributed by atoms with E-state index in [2.05, 4.69) is 9.98 Å². The van der Waals surface area contributed by atoms with Crippen LogP contribution in [0.1, 0.15) is 18.1 Å². The molecule has 0 aliphatic heterocycles. The number of nitriles is 2. The Morgan fingerprint density at radius 2 is 2.36 bits per heavy atom. The monoisotopic (exact) mass is 188 g/mol. The molecule has 0 spiro atoms. The van der Waals surface area contributed by atoms with Gasteiger partial charge in [0.25, 0.3) is 0 Å². The SMILES string of the molecule is CCO/C=N/c1[nH]cc(C#N)c1C#N. The summed E-state index contributed by atoms with van der Waals surface area (Å²) < 4.78 is 4.88. The summed E-state index contributed by atoms with van der Waals surface area (Å²) in [5.74, 6) is 0.345. The van der Waals surface area contributed by atoms with Gasteiger partial charge in [0.2, 0.25) is 0 Å². The molecule has 5 nitrogen and oxygen atoms in total. The molecule has 0 aromatic carbocycles. The van der Waals surface area contributed by atoms with Crippen molar-refractivity contribution in [1.29, 1.82) is 10.5 Å². The molecule has 1 aromatic rings. The normalized spacial score (nSPS) is 9.64. The van der Waals surface area contributed by atoms with Crippen LogP contribution in [0.15, 0.2) is 11.2 Å². The Kier molecular flexibility index (Phi) is 3.28. The fourth-order valence-corrected chi connectivity index (χ4v) is 0.880. The molecule has 0 fully saturated rings. The summed E-state index contributed by atoms with van der Waals surface area (Å²) in [7, 11) is 0. The number of H-pyrrole nitrogens is 1. The highest BCUT2D eigenvalue weighted by atomic mass is 16.5. The summed E-state index contributed by atoms with van der Waals surface area (Å²) >= 11 is 0. The number of nitrogens with one attached hydrogen (secondary N) is 1. The summed E-state index contributed by atoms with van der Waals surface area (Å²) in [5.41, 5.74) is 0.527.